The van der Waals surface area contributed by atoms with E-state index in [0.29, 0.717) is 42.0 Å². The van der Waals surface area contributed by atoms with E-state index < -0.39 is 23.5 Å². The van der Waals surface area contributed by atoms with E-state index in [9.17, 15) is 19.6 Å². The highest BCUT2D eigenvalue weighted by molar-refractivity contribution is 6.36. The molecule has 254 valence electrons. The molecule has 0 radical (unpaired) electrons. The second kappa shape index (κ2) is 13.0. The average Bonchev–Trinajstić information content (AvgIpc) is 3.56. The minimum Gasteiger partial charge on any atom is -0.444 e. The number of imidazole rings is 2. The van der Waals surface area contributed by atoms with Crippen LogP contribution in [-0.2, 0) is 44.8 Å². The second-order valence-electron chi connectivity index (χ2n) is 13.3. The van der Waals surface area contributed by atoms with E-state index in [1.165, 1.54) is 0 Å². The molecule has 0 bridgehead atoms. The Hall–Kier alpha value is -5.19. The van der Waals surface area contributed by atoms with Crippen LogP contribution in [0.2, 0.25) is 5.02 Å². The van der Waals surface area contributed by atoms with Gasteiger partial charge < -0.3 is 34.3 Å². The first-order chi connectivity index (χ1) is 23.3. The van der Waals surface area contributed by atoms with Crippen molar-refractivity contribution in [2.24, 2.45) is 14.1 Å². The van der Waals surface area contributed by atoms with Gasteiger partial charge in [-0.1, -0.05) is 35.9 Å². The van der Waals surface area contributed by atoms with Crippen molar-refractivity contribution in [1.29, 1.82) is 5.26 Å². The SMILES string of the molecule is CN1CCc2c(nc(C(=O)Nc3cccc(-c4cccc(NC(=O)c5nc6c(n5C)CCN(C(=O)OC(C)(C)C)C6)c4C#N)c3Cl)n2C)C1. The normalized spacial score (nSPS) is 14.4. The molecule has 0 fully saturated rings. The number of likely N-dealkylation sites (N-methyl/N-ethyl adjacent to an activating group) is 1. The van der Waals surface area contributed by atoms with Crippen molar-refractivity contribution in [3.05, 3.63) is 81.4 Å². The van der Waals surface area contributed by atoms with E-state index in [1.807, 2.05) is 39.4 Å². The van der Waals surface area contributed by atoms with Crippen LogP contribution in [0, 0.1) is 11.3 Å². The summed E-state index contributed by atoms with van der Waals surface area (Å²) in [5, 5.41) is 16.3. The molecule has 2 N–H and O–H groups in total. The van der Waals surface area contributed by atoms with Crippen LogP contribution in [0.25, 0.3) is 11.1 Å². The summed E-state index contributed by atoms with van der Waals surface area (Å²) in [5.41, 5.74) is 4.56. The van der Waals surface area contributed by atoms with Crippen LogP contribution in [0.4, 0.5) is 16.2 Å². The fourth-order valence-electron chi connectivity index (χ4n) is 6.27. The van der Waals surface area contributed by atoms with Crippen LogP contribution in [0.3, 0.4) is 0 Å². The number of nitriles is 1. The third-order valence-corrected chi connectivity index (χ3v) is 9.13. The van der Waals surface area contributed by atoms with E-state index in [1.54, 1.807) is 52.9 Å². The molecule has 2 aromatic carbocycles. The number of carbonyl (C=O) groups excluding carboxylic acids is 3. The number of fused-ring (bicyclic) bond motifs is 2. The van der Waals surface area contributed by atoms with Gasteiger partial charge in [-0.3, -0.25) is 9.59 Å². The molecule has 0 saturated carbocycles. The molecule has 2 aromatic heterocycles. The Bertz CT molecular complexity index is 2040. The summed E-state index contributed by atoms with van der Waals surface area (Å²) >= 11 is 6.87. The van der Waals surface area contributed by atoms with Crippen LogP contribution in [0.15, 0.2) is 36.4 Å². The molecule has 0 spiro atoms. The number of halogens is 1. The molecule has 3 amide bonds. The van der Waals surface area contributed by atoms with Gasteiger partial charge >= 0.3 is 6.09 Å². The summed E-state index contributed by atoms with van der Waals surface area (Å²) in [6, 6.07) is 12.5. The van der Waals surface area contributed by atoms with Gasteiger partial charge in [0.1, 0.15) is 11.7 Å². The zero-order chi connectivity index (χ0) is 35.2. The second-order valence-corrected chi connectivity index (χ2v) is 13.7. The van der Waals surface area contributed by atoms with Crippen molar-refractivity contribution in [3.8, 4) is 17.2 Å². The summed E-state index contributed by atoms with van der Waals surface area (Å²) in [7, 11) is 5.61. The van der Waals surface area contributed by atoms with Crippen molar-refractivity contribution >= 4 is 40.9 Å². The number of hydrogen-bond acceptors (Lipinski definition) is 8. The molecule has 0 atom stereocenters. The number of nitrogens with zero attached hydrogens (tertiary/aromatic N) is 7. The summed E-state index contributed by atoms with van der Waals surface area (Å²) in [4.78, 5) is 52.5. The van der Waals surface area contributed by atoms with Crippen LogP contribution in [0.5, 0.6) is 0 Å². The number of anilines is 2. The molecular weight excluding hydrogens is 646 g/mol. The Morgan fingerprint density at radius 1 is 0.837 bits per heavy atom. The summed E-state index contributed by atoms with van der Waals surface area (Å²) < 4.78 is 9.05. The summed E-state index contributed by atoms with van der Waals surface area (Å²) in [5.74, 6) is -0.467. The Kier molecular flexibility index (Phi) is 8.96. The van der Waals surface area contributed by atoms with Crippen molar-refractivity contribution in [2.45, 2.75) is 52.3 Å². The van der Waals surface area contributed by atoms with E-state index in [4.69, 9.17) is 16.3 Å². The van der Waals surface area contributed by atoms with Crippen molar-refractivity contribution in [3.63, 3.8) is 0 Å². The highest BCUT2D eigenvalue weighted by atomic mass is 35.5. The molecule has 2 aliphatic rings. The monoisotopic (exact) mass is 683 g/mol. The van der Waals surface area contributed by atoms with Crippen molar-refractivity contribution < 1.29 is 19.1 Å². The number of rotatable bonds is 5. The number of aromatic nitrogens is 4. The lowest BCUT2D eigenvalue weighted by Gasteiger charge is -2.29. The maximum absolute atomic E-state index is 13.6. The first-order valence-corrected chi connectivity index (χ1v) is 16.3. The van der Waals surface area contributed by atoms with Crippen molar-refractivity contribution in [2.75, 3.05) is 30.8 Å². The molecule has 6 rings (SSSR count). The first kappa shape index (κ1) is 33.7. The van der Waals surface area contributed by atoms with E-state index in [-0.39, 0.29) is 34.5 Å². The maximum atomic E-state index is 13.6. The zero-order valence-corrected chi connectivity index (χ0v) is 29.1. The van der Waals surface area contributed by atoms with E-state index in [0.717, 1.165) is 30.0 Å². The Balaban J connectivity index is 1.23. The molecule has 4 aromatic rings. The van der Waals surface area contributed by atoms with Crippen LogP contribution in [-0.4, -0.2) is 72.5 Å². The molecule has 2 aliphatic heterocycles. The van der Waals surface area contributed by atoms with Gasteiger partial charge in [0.15, 0.2) is 11.6 Å². The predicted molar refractivity (Wildman–Crippen MR) is 184 cm³/mol. The average molecular weight is 684 g/mol. The Labute approximate surface area is 289 Å². The van der Waals surface area contributed by atoms with E-state index in [2.05, 4.69) is 31.6 Å². The number of carbonyl (C=O) groups is 3. The lowest BCUT2D eigenvalue weighted by Crippen LogP contribution is -2.40. The summed E-state index contributed by atoms with van der Waals surface area (Å²) in [6.45, 7) is 7.64. The topological polar surface area (TPSA) is 150 Å². The minimum atomic E-state index is -0.629. The number of ether oxygens (including phenoxy) is 1. The summed E-state index contributed by atoms with van der Waals surface area (Å²) in [6.07, 6.45) is 0.879. The maximum Gasteiger partial charge on any atom is 0.410 e. The minimum absolute atomic E-state index is 0.149. The van der Waals surface area contributed by atoms with Gasteiger partial charge in [0.2, 0.25) is 0 Å². The number of nitrogens with one attached hydrogen (secondary N) is 2. The highest BCUT2D eigenvalue weighted by Gasteiger charge is 2.31. The number of hydrogen-bond donors (Lipinski definition) is 2. The standard InChI is InChI=1S/C35H38ClN9O4/c1-35(2,3)49-34(48)45-16-14-28-26(19-45)39-30(44(28)6)32(46)40-23-11-7-9-20(22(23)17-37)21-10-8-12-24(29(21)36)41-33(47)31-38-25-18-42(4)15-13-27(25)43(31)5/h7-12H,13-16,18-19H2,1-6H3,(H,40,46)(H,41,47). The molecule has 0 aliphatic carbocycles. The van der Waals surface area contributed by atoms with Crippen LogP contribution >= 0.6 is 11.6 Å². The van der Waals surface area contributed by atoms with Gasteiger partial charge in [-0.05, 0) is 40.0 Å². The largest absolute Gasteiger partial charge is 0.444 e. The lowest BCUT2D eigenvalue weighted by atomic mass is 9.98. The van der Waals surface area contributed by atoms with Crippen LogP contribution in [0.1, 0.15) is 70.3 Å². The van der Waals surface area contributed by atoms with Gasteiger partial charge in [-0.25, -0.2) is 14.8 Å². The fourth-order valence-corrected chi connectivity index (χ4v) is 6.54. The molecule has 0 unspecified atom stereocenters. The molecule has 4 heterocycles. The predicted octanol–water partition coefficient (Wildman–Crippen LogP) is 5.13. The number of amides is 3. The first-order valence-electron chi connectivity index (χ1n) is 16.0. The lowest BCUT2D eigenvalue weighted by molar-refractivity contribution is 0.0220. The van der Waals surface area contributed by atoms with Gasteiger partial charge in [0, 0.05) is 69.1 Å². The molecular formula is C35H38ClN9O4. The smallest absolute Gasteiger partial charge is 0.410 e. The van der Waals surface area contributed by atoms with Gasteiger partial charge in [-0.15, -0.1) is 0 Å². The van der Waals surface area contributed by atoms with Crippen LogP contribution < -0.4 is 10.6 Å². The van der Waals surface area contributed by atoms with Gasteiger partial charge in [-0.2, -0.15) is 5.26 Å². The molecule has 49 heavy (non-hydrogen) atoms. The molecule has 0 saturated heterocycles. The quantitative estimate of drug-likeness (QED) is 0.294. The number of benzene rings is 2. The van der Waals surface area contributed by atoms with Gasteiger partial charge in [0.05, 0.1) is 39.9 Å². The third-order valence-electron chi connectivity index (χ3n) is 8.72. The molecule has 14 heteroatoms. The zero-order valence-electron chi connectivity index (χ0n) is 28.3. The van der Waals surface area contributed by atoms with Gasteiger partial charge in [0.25, 0.3) is 11.8 Å². The Morgan fingerprint density at radius 2 is 1.39 bits per heavy atom. The van der Waals surface area contributed by atoms with Crippen molar-refractivity contribution in [1.82, 2.24) is 28.9 Å². The highest BCUT2D eigenvalue weighted by Crippen LogP contribution is 2.38. The molecule has 13 nitrogen and oxygen atoms in total. The third kappa shape index (κ3) is 6.62. The fraction of sp³-hybridized carbons (Fsp3) is 0.371. The Morgan fingerprint density at radius 3 is 2.00 bits per heavy atom. The van der Waals surface area contributed by atoms with E-state index >= 15 is 0 Å².